The Balaban J connectivity index is 1.80. The van der Waals surface area contributed by atoms with Gasteiger partial charge in [0.15, 0.2) is 0 Å². The van der Waals surface area contributed by atoms with Crippen LogP contribution in [0.2, 0.25) is 0 Å². The molecule has 174 valence electrons. The summed E-state index contributed by atoms with van der Waals surface area (Å²) in [4.78, 5) is 57.6. The first kappa shape index (κ1) is 23.7. The standard InChI is InChI=1S/C23H30N2O7/c1-6-22(5,23(30)12-9-13-24(14-23)20(29)31-21(2,3)4)19(28)32-25-17(26)15-10-7-8-11-16(15)18(25)27/h7-8,10-11,30H,6,9,12-14H2,1-5H3. The zero-order valence-electron chi connectivity index (χ0n) is 19.1. The van der Waals surface area contributed by atoms with Crippen LogP contribution in [0.1, 0.15) is 74.6 Å². The summed E-state index contributed by atoms with van der Waals surface area (Å²) in [5.74, 6) is -2.38. The van der Waals surface area contributed by atoms with Crippen LogP contribution < -0.4 is 0 Å². The molecule has 1 saturated heterocycles. The largest absolute Gasteiger partial charge is 0.444 e. The summed E-state index contributed by atoms with van der Waals surface area (Å²) in [5, 5.41) is 12.0. The number of benzene rings is 1. The number of ether oxygens (including phenoxy) is 1. The molecule has 2 aliphatic heterocycles. The molecular weight excluding hydrogens is 416 g/mol. The van der Waals surface area contributed by atoms with Crippen molar-refractivity contribution in [2.75, 3.05) is 13.1 Å². The van der Waals surface area contributed by atoms with Gasteiger partial charge in [-0.2, -0.15) is 0 Å². The first-order valence-electron chi connectivity index (χ1n) is 10.7. The molecule has 2 unspecified atom stereocenters. The molecule has 9 heteroatoms. The summed E-state index contributed by atoms with van der Waals surface area (Å²) in [6.45, 7) is 8.71. The van der Waals surface area contributed by atoms with Crippen LogP contribution in [0.5, 0.6) is 0 Å². The molecule has 0 aromatic heterocycles. The zero-order chi connectivity index (χ0) is 23.9. The number of β-amino-alcohol motifs (C(OH)–C–C–N with tert-alkyl or cyclic N) is 1. The van der Waals surface area contributed by atoms with Gasteiger partial charge in [0.05, 0.1) is 28.7 Å². The average molecular weight is 447 g/mol. The molecule has 2 aliphatic rings. The van der Waals surface area contributed by atoms with Crippen molar-refractivity contribution in [1.82, 2.24) is 9.96 Å². The lowest BCUT2D eigenvalue weighted by atomic mass is 9.67. The number of aliphatic hydroxyl groups is 1. The highest BCUT2D eigenvalue weighted by atomic mass is 16.7. The van der Waals surface area contributed by atoms with Crippen molar-refractivity contribution in [3.05, 3.63) is 35.4 Å². The molecule has 1 fully saturated rings. The maximum absolute atomic E-state index is 13.2. The van der Waals surface area contributed by atoms with Gasteiger partial charge >= 0.3 is 12.1 Å². The van der Waals surface area contributed by atoms with Crippen molar-refractivity contribution in [2.24, 2.45) is 5.41 Å². The van der Waals surface area contributed by atoms with Gasteiger partial charge in [-0.25, -0.2) is 9.59 Å². The van der Waals surface area contributed by atoms with Crippen molar-refractivity contribution < 1.29 is 33.9 Å². The average Bonchev–Trinajstić information content (AvgIpc) is 2.97. The molecule has 3 rings (SSSR count). The van der Waals surface area contributed by atoms with Gasteiger partial charge in [0, 0.05) is 6.54 Å². The molecule has 1 aromatic carbocycles. The number of imide groups is 1. The van der Waals surface area contributed by atoms with Crippen molar-refractivity contribution >= 4 is 23.9 Å². The lowest BCUT2D eigenvalue weighted by molar-refractivity contribution is -0.203. The molecule has 3 amide bonds. The molecule has 1 N–H and O–H groups in total. The Bertz CT molecular complexity index is 919. The number of hydroxylamine groups is 2. The van der Waals surface area contributed by atoms with Crippen LogP contribution in [0, 0.1) is 5.41 Å². The van der Waals surface area contributed by atoms with E-state index in [9.17, 15) is 24.3 Å². The SMILES string of the molecule is CCC(C)(C(=O)ON1C(=O)c2ccccc2C1=O)C1(O)CCCN(C(=O)OC(C)(C)C)C1. The number of hydrogen-bond donors (Lipinski definition) is 1. The van der Waals surface area contributed by atoms with Crippen molar-refractivity contribution in [3.8, 4) is 0 Å². The van der Waals surface area contributed by atoms with Gasteiger partial charge in [0.25, 0.3) is 11.8 Å². The molecule has 1 aromatic rings. The number of hydrogen-bond acceptors (Lipinski definition) is 7. The van der Waals surface area contributed by atoms with E-state index in [1.54, 1.807) is 39.8 Å². The lowest BCUT2D eigenvalue weighted by Gasteiger charge is -2.48. The summed E-state index contributed by atoms with van der Waals surface area (Å²) in [5.41, 5.74) is -3.52. The summed E-state index contributed by atoms with van der Waals surface area (Å²) < 4.78 is 5.41. The number of amides is 3. The number of carbonyl (C=O) groups excluding carboxylic acids is 4. The summed E-state index contributed by atoms with van der Waals surface area (Å²) in [6, 6.07) is 6.19. The second-order valence-corrected chi connectivity index (χ2v) is 9.55. The van der Waals surface area contributed by atoms with Crippen LogP contribution >= 0.6 is 0 Å². The Morgan fingerprint density at radius 1 is 1.09 bits per heavy atom. The van der Waals surface area contributed by atoms with Crippen LogP contribution in [-0.4, -0.2) is 63.2 Å². The molecule has 0 saturated carbocycles. The van der Waals surface area contributed by atoms with Crippen molar-refractivity contribution in [2.45, 2.75) is 65.1 Å². The first-order chi connectivity index (χ1) is 14.8. The fourth-order valence-corrected chi connectivity index (χ4v) is 4.07. The lowest BCUT2D eigenvalue weighted by Crippen LogP contribution is -2.62. The predicted molar refractivity (Wildman–Crippen MR) is 113 cm³/mol. The molecule has 2 heterocycles. The van der Waals surface area contributed by atoms with Gasteiger partial charge < -0.3 is 19.6 Å². The minimum absolute atomic E-state index is 0.135. The second kappa shape index (κ2) is 8.20. The normalized spacial score (nSPS) is 22.9. The van der Waals surface area contributed by atoms with E-state index in [1.807, 2.05) is 0 Å². The smallest absolute Gasteiger partial charge is 0.410 e. The predicted octanol–water partition coefficient (Wildman–Crippen LogP) is 2.92. The fourth-order valence-electron chi connectivity index (χ4n) is 4.07. The summed E-state index contributed by atoms with van der Waals surface area (Å²) in [6.07, 6.45) is 0.274. The van der Waals surface area contributed by atoms with E-state index in [0.29, 0.717) is 18.0 Å². The minimum Gasteiger partial charge on any atom is -0.444 e. The molecule has 0 radical (unpaired) electrons. The minimum atomic E-state index is -1.63. The molecular formula is C23H30N2O7. The van der Waals surface area contributed by atoms with E-state index in [2.05, 4.69) is 0 Å². The maximum atomic E-state index is 13.2. The van der Waals surface area contributed by atoms with Gasteiger partial charge in [0.2, 0.25) is 0 Å². The second-order valence-electron chi connectivity index (χ2n) is 9.55. The highest BCUT2D eigenvalue weighted by Crippen LogP contribution is 2.43. The summed E-state index contributed by atoms with van der Waals surface area (Å²) >= 11 is 0. The molecule has 0 aliphatic carbocycles. The van der Waals surface area contributed by atoms with Crippen LogP contribution in [0.3, 0.4) is 0 Å². The highest BCUT2D eigenvalue weighted by Gasteiger charge is 2.56. The topological polar surface area (TPSA) is 113 Å². The van der Waals surface area contributed by atoms with Gasteiger partial charge in [0.1, 0.15) is 5.60 Å². The van der Waals surface area contributed by atoms with Crippen LogP contribution in [-0.2, 0) is 14.4 Å². The van der Waals surface area contributed by atoms with Crippen LogP contribution in [0.4, 0.5) is 4.79 Å². The number of rotatable bonds is 4. The van der Waals surface area contributed by atoms with Gasteiger partial charge in [-0.15, -0.1) is 0 Å². The third-order valence-electron chi connectivity index (χ3n) is 6.24. The molecule has 0 bridgehead atoms. The third-order valence-corrected chi connectivity index (χ3v) is 6.24. The quantitative estimate of drug-likeness (QED) is 0.708. The van der Waals surface area contributed by atoms with Gasteiger partial charge in [-0.05, 0) is 59.1 Å². The van der Waals surface area contributed by atoms with Crippen LogP contribution in [0.15, 0.2) is 24.3 Å². The molecule has 0 spiro atoms. The first-order valence-corrected chi connectivity index (χ1v) is 10.7. The number of likely N-dealkylation sites (tertiary alicyclic amines) is 1. The van der Waals surface area contributed by atoms with Gasteiger partial charge in [-0.3, -0.25) is 9.59 Å². The Labute approximate surface area is 187 Å². The number of carbonyl (C=O) groups is 4. The Morgan fingerprint density at radius 2 is 1.66 bits per heavy atom. The maximum Gasteiger partial charge on any atom is 0.410 e. The Kier molecular flexibility index (Phi) is 6.08. The van der Waals surface area contributed by atoms with Gasteiger partial charge in [-0.1, -0.05) is 24.1 Å². The van der Waals surface area contributed by atoms with Crippen LogP contribution in [0.25, 0.3) is 0 Å². The van der Waals surface area contributed by atoms with E-state index in [0.717, 1.165) is 0 Å². The Hall–Kier alpha value is -2.94. The van der Waals surface area contributed by atoms with E-state index >= 15 is 0 Å². The van der Waals surface area contributed by atoms with E-state index in [-0.39, 0.29) is 30.5 Å². The number of fused-ring (bicyclic) bond motifs is 1. The fraction of sp³-hybridized carbons (Fsp3) is 0.565. The Morgan fingerprint density at radius 3 is 2.16 bits per heavy atom. The molecule has 2 atom stereocenters. The van der Waals surface area contributed by atoms with Crippen molar-refractivity contribution in [3.63, 3.8) is 0 Å². The number of piperidine rings is 1. The molecule has 32 heavy (non-hydrogen) atoms. The summed E-state index contributed by atoms with van der Waals surface area (Å²) in [7, 11) is 0. The molecule has 9 nitrogen and oxygen atoms in total. The number of nitrogens with zero attached hydrogens (tertiary/aromatic N) is 2. The third kappa shape index (κ3) is 4.09. The van der Waals surface area contributed by atoms with E-state index < -0.39 is 40.5 Å². The zero-order valence-corrected chi connectivity index (χ0v) is 19.1. The monoisotopic (exact) mass is 446 g/mol. The van der Waals surface area contributed by atoms with Crippen molar-refractivity contribution in [1.29, 1.82) is 0 Å². The highest BCUT2D eigenvalue weighted by molar-refractivity contribution is 6.20. The van der Waals surface area contributed by atoms with E-state index in [1.165, 1.54) is 24.0 Å². The van der Waals surface area contributed by atoms with E-state index in [4.69, 9.17) is 9.57 Å².